The van der Waals surface area contributed by atoms with E-state index in [0.717, 1.165) is 6.42 Å². The number of carbonyl (C=O) groups is 3. The fraction of sp³-hybridized carbons (Fsp3) is 0.667. The number of Topliss-reactive ketones (excluding diaryl/α,β-unsaturated/α-hetero) is 1. The van der Waals surface area contributed by atoms with Gasteiger partial charge in [-0.1, -0.05) is 81.0 Å². The lowest BCUT2D eigenvalue weighted by Crippen LogP contribution is -2.59. The summed E-state index contributed by atoms with van der Waals surface area (Å²) in [6.45, 7) is 3.67. The van der Waals surface area contributed by atoms with Crippen molar-refractivity contribution < 1.29 is 74.2 Å². The van der Waals surface area contributed by atoms with Gasteiger partial charge in [0.15, 0.2) is 12.1 Å². The van der Waals surface area contributed by atoms with Gasteiger partial charge in [-0.3, -0.25) is 14.4 Å². The largest absolute Gasteiger partial charge is 0.481 e. The molecule has 10 N–H and O–H groups in total. The van der Waals surface area contributed by atoms with Gasteiger partial charge in [-0.2, -0.15) is 0 Å². The van der Waals surface area contributed by atoms with Crippen LogP contribution in [0.2, 0.25) is 0 Å². The number of carbonyl (C=O) groups excluding carboxylic acids is 2. The molecule has 0 radical (unpaired) electrons. The zero-order valence-electron chi connectivity index (χ0n) is 31.4. The van der Waals surface area contributed by atoms with Crippen LogP contribution in [0.15, 0.2) is 60.8 Å². The molecule has 310 valence electrons. The highest BCUT2D eigenvalue weighted by molar-refractivity contribution is 5.80. The first-order chi connectivity index (χ1) is 26.0. The molecule has 0 aromatic heterocycles. The van der Waals surface area contributed by atoms with Crippen molar-refractivity contribution in [1.82, 2.24) is 0 Å². The third-order valence-electron chi connectivity index (χ3n) is 10.0. The number of aliphatic hydroxyl groups is 7. The maximum absolute atomic E-state index is 12.6. The molecular formula is C39H59NO15. The average molecular weight is 782 g/mol. The van der Waals surface area contributed by atoms with Crippen molar-refractivity contribution in [3.05, 3.63) is 60.8 Å². The summed E-state index contributed by atoms with van der Waals surface area (Å²) in [4.78, 5) is 37.6. The minimum atomic E-state index is -2.33. The molecule has 0 aliphatic carbocycles. The second-order valence-corrected chi connectivity index (χ2v) is 14.6. The lowest BCUT2D eigenvalue weighted by atomic mass is 9.82. The van der Waals surface area contributed by atoms with E-state index in [4.69, 9.17) is 24.7 Å². The van der Waals surface area contributed by atoms with Gasteiger partial charge >= 0.3 is 11.9 Å². The van der Waals surface area contributed by atoms with Gasteiger partial charge in [-0.15, -0.1) is 0 Å². The van der Waals surface area contributed by atoms with Gasteiger partial charge < -0.3 is 65.5 Å². The molecule has 0 saturated carbocycles. The van der Waals surface area contributed by atoms with Gasteiger partial charge in [0, 0.05) is 38.5 Å². The predicted octanol–water partition coefficient (Wildman–Crippen LogP) is 0.451. The zero-order chi connectivity index (χ0) is 40.7. The third kappa shape index (κ3) is 15.0. The summed E-state index contributed by atoms with van der Waals surface area (Å²) in [5.41, 5.74) is 5.90. The number of hydrogen-bond acceptors (Lipinski definition) is 15. The minimum absolute atomic E-state index is 0.0308. The van der Waals surface area contributed by atoms with Crippen LogP contribution in [-0.2, 0) is 33.3 Å². The number of carboxylic acid groups (broad SMARTS) is 1. The topological polar surface area (TPSA) is 276 Å². The number of aliphatic carboxylic acids is 1. The van der Waals surface area contributed by atoms with E-state index in [1.165, 1.54) is 6.08 Å². The molecule has 0 aromatic carbocycles. The number of ether oxygens (including phenoxy) is 4. The summed E-state index contributed by atoms with van der Waals surface area (Å²) < 4.78 is 22.9. The number of fused-ring (bicyclic) bond motifs is 2. The number of hydrogen-bond donors (Lipinski definition) is 9. The first-order valence-electron chi connectivity index (χ1n) is 18.8. The van der Waals surface area contributed by atoms with Crippen LogP contribution in [-0.4, -0.2) is 138 Å². The summed E-state index contributed by atoms with van der Waals surface area (Å²) >= 11 is 0. The Labute approximate surface area is 321 Å². The van der Waals surface area contributed by atoms with Crippen molar-refractivity contribution in [3.8, 4) is 0 Å². The van der Waals surface area contributed by atoms with Crippen molar-refractivity contribution in [3.63, 3.8) is 0 Å². The number of ketones is 1. The molecule has 3 heterocycles. The van der Waals surface area contributed by atoms with Gasteiger partial charge in [0.2, 0.25) is 0 Å². The summed E-state index contributed by atoms with van der Waals surface area (Å²) in [6, 6.07) is -1.11. The zero-order valence-corrected chi connectivity index (χ0v) is 31.4. The Bertz CT molecular complexity index is 1380. The van der Waals surface area contributed by atoms with Gasteiger partial charge in [-0.25, -0.2) is 0 Å². The summed E-state index contributed by atoms with van der Waals surface area (Å²) in [5, 5.41) is 84.9. The van der Waals surface area contributed by atoms with Gasteiger partial charge in [0.1, 0.15) is 23.9 Å². The number of rotatable bonds is 5. The molecular weight excluding hydrogens is 722 g/mol. The highest BCUT2D eigenvalue weighted by Crippen LogP contribution is 2.38. The molecule has 3 rings (SSSR count). The Kier molecular flexibility index (Phi) is 19.0. The number of nitrogens with two attached hydrogens (primary N) is 1. The molecule has 0 spiro atoms. The van der Waals surface area contributed by atoms with E-state index >= 15 is 0 Å². The first kappa shape index (κ1) is 46.3. The fourth-order valence-corrected chi connectivity index (χ4v) is 6.60. The van der Waals surface area contributed by atoms with Crippen molar-refractivity contribution in [2.24, 2.45) is 17.6 Å². The molecule has 3 aliphatic rings. The molecule has 0 aromatic rings. The SMILES string of the molecule is CCC(C)C1C/C=C/C=C/C=C/C=C/C=C/C(O[C@@H]2OC[C@@H](O)[C@H](N)[C@@H]2O)CC2OC(O)(CC(O)C(O)CCC(=O)CC(O)CC(=O)O1)CC(O)C2C(=O)O. The summed E-state index contributed by atoms with van der Waals surface area (Å²) in [5.74, 6) is -6.46. The molecule has 2 bridgehead atoms. The quantitative estimate of drug-likeness (QED) is 0.171. The van der Waals surface area contributed by atoms with Gasteiger partial charge in [-0.05, 0) is 12.3 Å². The van der Waals surface area contributed by atoms with Crippen LogP contribution < -0.4 is 5.73 Å². The second-order valence-electron chi connectivity index (χ2n) is 14.6. The lowest BCUT2D eigenvalue weighted by Gasteiger charge is -2.45. The van der Waals surface area contributed by atoms with E-state index < -0.39 is 122 Å². The molecule has 10 unspecified atom stereocenters. The monoisotopic (exact) mass is 781 g/mol. The van der Waals surface area contributed by atoms with E-state index in [1.54, 1.807) is 48.6 Å². The molecule has 16 heteroatoms. The van der Waals surface area contributed by atoms with Crippen molar-refractivity contribution in [2.45, 2.75) is 145 Å². The number of carboxylic acids is 1. The van der Waals surface area contributed by atoms with Crippen molar-refractivity contribution in [2.75, 3.05) is 6.61 Å². The van der Waals surface area contributed by atoms with Crippen LogP contribution >= 0.6 is 0 Å². The van der Waals surface area contributed by atoms with E-state index in [0.29, 0.717) is 6.42 Å². The van der Waals surface area contributed by atoms with Crippen LogP contribution in [0.5, 0.6) is 0 Å². The fourth-order valence-electron chi connectivity index (χ4n) is 6.60. The number of esters is 1. The van der Waals surface area contributed by atoms with Crippen molar-refractivity contribution >= 4 is 17.7 Å². The smallest absolute Gasteiger partial charge is 0.311 e. The summed E-state index contributed by atoms with van der Waals surface area (Å²) in [6.07, 6.45) is 2.14. The molecule has 3 aliphatic heterocycles. The Hall–Kier alpha value is -3.13. The standard InChI is InChI=1S/C39H59NO15/c1-3-23(2)31-14-12-10-8-6-4-5-7-9-11-13-26(53-38-36(48)35(40)30(46)22-52-38)19-32-34(37(49)50)29(45)21-39(51,55-32)20-28(44)27(43)16-15-24(41)17-25(42)18-33(47)54-31/h4-13,23,25-32,34-36,38,42-46,48,51H,3,14-22,40H2,1-2H3,(H,49,50)/b5-4+,8-6+,9-7+,12-10+,13-11+/t23?,25?,26?,27?,28?,29?,30-,31?,32?,34?,35+,36+,38+,39?/m1/s1. The maximum atomic E-state index is 12.6. The Morgan fingerprint density at radius 2 is 1.56 bits per heavy atom. The van der Waals surface area contributed by atoms with E-state index in [2.05, 4.69) is 0 Å². The molecule has 0 amide bonds. The van der Waals surface area contributed by atoms with E-state index in [9.17, 15) is 55.2 Å². The molecule has 55 heavy (non-hydrogen) atoms. The van der Waals surface area contributed by atoms with Crippen molar-refractivity contribution in [1.29, 1.82) is 0 Å². The van der Waals surface area contributed by atoms with Crippen LogP contribution in [0.4, 0.5) is 0 Å². The number of aliphatic hydroxyl groups excluding tert-OH is 6. The minimum Gasteiger partial charge on any atom is -0.481 e. The third-order valence-corrected chi connectivity index (χ3v) is 10.0. The Balaban J connectivity index is 1.89. The van der Waals surface area contributed by atoms with Crippen LogP contribution in [0.1, 0.15) is 71.6 Å². The first-order valence-corrected chi connectivity index (χ1v) is 18.8. The van der Waals surface area contributed by atoms with E-state index in [-0.39, 0.29) is 31.8 Å². The molecule has 16 nitrogen and oxygen atoms in total. The molecule has 2 saturated heterocycles. The highest BCUT2D eigenvalue weighted by Gasteiger charge is 2.51. The predicted molar refractivity (Wildman–Crippen MR) is 197 cm³/mol. The Morgan fingerprint density at radius 3 is 2.22 bits per heavy atom. The highest BCUT2D eigenvalue weighted by atomic mass is 16.7. The van der Waals surface area contributed by atoms with Gasteiger partial charge in [0.05, 0.1) is 61.8 Å². The number of allylic oxidation sites excluding steroid dienone is 8. The number of cyclic esters (lactones) is 1. The summed E-state index contributed by atoms with van der Waals surface area (Å²) in [7, 11) is 0. The normalized spacial score (nSPS) is 41.7. The van der Waals surface area contributed by atoms with Crippen LogP contribution in [0.3, 0.4) is 0 Å². The molecule has 2 fully saturated rings. The van der Waals surface area contributed by atoms with Crippen LogP contribution in [0, 0.1) is 11.8 Å². The Morgan fingerprint density at radius 1 is 0.927 bits per heavy atom. The lowest BCUT2D eigenvalue weighted by molar-refractivity contribution is -0.307. The maximum Gasteiger partial charge on any atom is 0.311 e. The average Bonchev–Trinajstić information content (AvgIpc) is 3.10. The van der Waals surface area contributed by atoms with Crippen LogP contribution in [0.25, 0.3) is 0 Å². The molecule has 14 atom stereocenters. The van der Waals surface area contributed by atoms with E-state index in [1.807, 2.05) is 19.9 Å². The van der Waals surface area contributed by atoms with Gasteiger partial charge in [0.25, 0.3) is 0 Å². The second kappa shape index (κ2) is 22.6.